The molecule has 4 heterocycles. The van der Waals surface area contributed by atoms with Crippen molar-refractivity contribution in [1.82, 2.24) is 24.5 Å². The van der Waals surface area contributed by atoms with Crippen molar-refractivity contribution in [2.45, 2.75) is 37.7 Å². The van der Waals surface area contributed by atoms with Crippen LogP contribution < -0.4 is 10.5 Å². The van der Waals surface area contributed by atoms with Crippen molar-refractivity contribution >= 4 is 41.4 Å². The van der Waals surface area contributed by atoms with Gasteiger partial charge in [0.2, 0.25) is 0 Å². The third kappa shape index (κ3) is 5.79. The van der Waals surface area contributed by atoms with E-state index in [1.807, 2.05) is 0 Å². The van der Waals surface area contributed by atoms with Gasteiger partial charge in [0.15, 0.2) is 11.5 Å². The van der Waals surface area contributed by atoms with Crippen LogP contribution in [0.3, 0.4) is 0 Å². The maximum atomic E-state index is 14.1. The summed E-state index contributed by atoms with van der Waals surface area (Å²) in [6, 6.07) is 6.41. The summed E-state index contributed by atoms with van der Waals surface area (Å²) in [6.07, 6.45) is -3.25. The molecular weight excluding hydrogens is 551 g/mol. The molecule has 2 unspecified atom stereocenters. The quantitative estimate of drug-likeness (QED) is 0.329. The molecule has 206 valence electrons. The van der Waals surface area contributed by atoms with E-state index in [1.165, 1.54) is 39.8 Å². The zero-order valence-electron chi connectivity index (χ0n) is 20.1. The van der Waals surface area contributed by atoms with E-state index in [-0.39, 0.29) is 67.7 Å². The summed E-state index contributed by atoms with van der Waals surface area (Å²) in [6.45, 7) is 1.74. The summed E-state index contributed by atoms with van der Waals surface area (Å²) in [4.78, 5) is 5.90. The fourth-order valence-corrected chi connectivity index (χ4v) is 4.54. The summed E-state index contributed by atoms with van der Waals surface area (Å²) in [7, 11) is 0. The number of likely N-dealkylation sites (tertiary alicyclic amines) is 1. The SMILES string of the molecule is CC(CO)Oc1cc(F)cc2ccc(-c3nnc4ccc([C@@H](N5CCC(N)C5)C(F)(F)F)cn34)nc12.Cl.Cl. The molecule has 0 saturated carbocycles. The highest BCUT2D eigenvalue weighted by molar-refractivity contribution is 5.86. The number of hydrogen-bond donors (Lipinski definition) is 2. The fraction of sp³-hybridized carbons (Fsp3) is 0.375. The van der Waals surface area contributed by atoms with Crippen molar-refractivity contribution in [2.75, 3.05) is 19.7 Å². The van der Waals surface area contributed by atoms with Crippen molar-refractivity contribution in [3.05, 3.63) is 54.0 Å². The van der Waals surface area contributed by atoms with Gasteiger partial charge >= 0.3 is 6.18 Å². The molecule has 3 aromatic heterocycles. The number of rotatable bonds is 6. The van der Waals surface area contributed by atoms with Crippen LogP contribution in [0.1, 0.15) is 24.9 Å². The smallest absolute Gasteiger partial charge is 0.408 e. The predicted molar refractivity (Wildman–Crippen MR) is 138 cm³/mol. The van der Waals surface area contributed by atoms with E-state index in [0.29, 0.717) is 28.7 Å². The van der Waals surface area contributed by atoms with Crippen molar-refractivity contribution in [3.8, 4) is 17.3 Å². The lowest BCUT2D eigenvalue weighted by Crippen LogP contribution is -2.38. The molecule has 0 aliphatic carbocycles. The summed E-state index contributed by atoms with van der Waals surface area (Å²) in [5.74, 6) is -0.182. The van der Waals surface area contributed by atoms with Crippen LogP contribution in [0.2, 0.25) is 0 Å². The van der Waals surface area contributed by atoms with Crippen molar-refractivity contribution in [1.29, 1.82) is 0 Å². The van der Waals surface area contributed by atoms with Crippen LogP contribution in [-0.2, 0) is 0 Å². The first-order valence-corrected chi connectivity index (χ1v) is 11.4. The Morgan fingerprint density at radius 1 is 1.16 bits per heavy atom. The van der Waals surface area contributed by atoms with Crippen LogP contribution >= 0.6 is 24.8 Å². The average molecular weight is 577 g/mol. The number of ether oxygens (including phenoxy) is 1. The number of alkyl halides is 3. The van der Waals surface area contributed by atoms with Gasteiger partial charge in [0.25, 0.3) is 0 Å². The van der Waals surface area contributed by atoms with Crippen molar-refractivity contribution in [2.24, 2.45) is 5.73 Å². The summed E-state index contributed by atoms with van der Waals surface area (Å²) >= 11 is 0. The van der Waals surface area contributed by atoms with Gasteiger partial charge in [-0.05, 0) is 37.1 Å². The molecule has 5 rings (SSSR count). The summed E-state index contributed by atoms with van der Waals surface area (Å²) < 4.78 is 63.6. The number of benzene rings is 1. The van der Waals surface area contributed by atoms with E-state index >= 15 is 0 Å². The van der Waals surface area contributed by atoms with E-state index < -0.39 is 24.1 Å². The zero-order chi connectivity index (χ0) is 25.6. The Kier molecular flexibility index (Phi) is 9.04. The van der Waals surface area contributed by atoms with Gasteiger partial charge in [-0.2, -0.15) is 13.2 Å². The fourth-order valence-electron chi connectivity index (χ4n) is 4.54. The second kappa shape index (κ2) is 11.5. The number of nitrogens with zero attached hydrogens (tertiary/aromatic N) is 5. The molecule has 14 heteroatoms. The first-order valence-electron chi connectivity index (χ1n) is 11.4. The van der Waals surface area contributed by atoms with E-state index in [4.69, 9.17) is 10.5 Å². The van der Waals surface area contributed by atoms with E-state index in [2.05, 4.69) is 15.2 Å². The Labute approximate surface area is 227 Å². The molecular formula is C24H26Cl2F4N6O2. The Balaban J connectivity index is 0.00000200. The Morgan fingerprint density at radius 2 is 1.92 bits per heavy atom. The number of aliphatic hydroxyl groups excluding tert-OH is 1. The Bertz CT molecular complexity index is 1420. The van der Waals surface area contributed by atoms with Crippen LogP contribution in [0.25, 0.3) is 28.1 Å². The molecule has 0 amide bonds. The van der Waals surface area contributed by atoms with Gasteiger partial charge in [0.05, 0.1) is 6.61 Å². The molecule has 3 N–H and O–H groups in total. The molecule has 1 fully saturated rings. The van der Waals surface area contributed by atoms with Crippen molar-refractivity contribution < 1.29 is 27.4 Å². The Morgan fingerprint density at radius 3 is 2.58 bits per heavy atom. The monoisotopic (exact) mass is 576 g/mol. The first-order chi connectivity index (χ1) is 17.1. The number of pyridine rings is 2. The number of aromatic nitrogens is 4. The van der Waals surface area contributed by atoms with Crippen LogP contribution in [0.5, 0.6) is 5.75 Å². The average Bonchev–Trinajstić information content (AvgIpc) is 3.44. The highest BCUT2D eigenvalue weighted by Gasteiger charge is 2.46. The molecule has 4 aromatic rings. The van der Waals surface area contributed by atoms with Gasteiger partial charge in [-0.1, -0.05) is 12.1 Å². The second-order valence-corrected chi connectivity index (χ2v) is 8.99. The largest absolute Gasteiger partial charge is 0.486 e. The summed E-state index contributed by atoms with van der Waals surface area (Å²) in [5.41, 5.74) is 6.89. The summed E-state index contributed by atoms with van der Waals surface area (Å²) in [5, 5.41) is 18.0. The zero-order valence-corrected chi connectivity index (χ0v) is 21.7. The standard InChI is InChI=1S/C24H24F4N6O2.2ClH/c1-13(12-35)36-19-9-16(25)8-14-2-4-18(30-21(14)19)23-32-31-20-5-3-15(10-34(20)23)22(24(26,27)28)33-7-6-17(29)11-33;;/h2-5,8-10,13,17,22,35H,6-7,11-12,29H2,1H3;2*1H/t13?,17?,22-;;/m1../s1. The highest BCUT2D eigenvalue weighted by Crippen LogP contribution is 2.39. The minimum absolute atomic E-state index is 0. The third-order valence-electron chi connectivity index (χ3n) is 6.21. The molecule has 3 atom stereocenters. The molecule has 0 radical (unpaired) electrons. The van der Waals surface area contributed by atoms with E-state index in [1.54, 1.807) is 19.1 Å². The topological polar surface area (TPSA) is 102 Å². The van der Waals surface area contributed by atoms with Crippen LogP contribution in [0.4, 0.5) is 17.6 Å². The van der Waals surface area contributed by atoms with E-state index in [0.717, 1.165) is 0 Å². The van der Waals surface area contributed by atoms with Gasteiger partial charge < -0.3 is 15.6 Å². The van der Waals surface area contributed by atoms with Gasteiger partial charge in [-0.15, -0.1) is 35.0 Å². The maximum Gasteiger partial charge on any atom is 0.408 e. The lowest BCUT2D eigenvalue weighted by atomic mass is 10.1. The molecule has 0 bridgehead atoms. The molecule has 1 aromatic carbocycles. The molecule has 0 spiro atoms. The van der Waals surface area contributed by atoms with Crippen LogP contribution in [0.15, 0.2) is 42.6 Å². The van der Waals surface area contributed by atoms with Gasteiger partial charge in [-0.3, -0.25) is 9.30 Å². The number of aliphatic hydroxyl groups is 1. The lowest BCUT2D eigenvalue weighted by molar-refractivity contribution is -0.183. The molecule has 1 aliphatic rings. The first kappa shape index (κ1) is 29.8. The second-order valence-electron chi connectivity index (χ2n) is 8.99. The van der Waals surface area contributed by atoms with Crippen LogP contribution in [0, 0.1) is 5.82 Å². The number of fused-ring (bicyclic) bond motifs is 2. The minimum Gasteiger partial charge on any atom is -0.486 e. The highest BCUT2D eigenvalue weighted by atomic mass is 35.5. The van der Waals surface area contributed by atoms with Gasteiger partial charge in [0, 0.05) is 36.8 Å². The lowest BCUT2D eigenvalue weighted by Gasteiger charge is -2.30. The maximum absolute atomic E-state index is 14.1. The van der Waals surface area contributed by atoms with Crippen LogP contribution in [-0.4, -0.2) is 67.6 Å². The van der Waals surface area contributed by atoms with Crippen molar-refractivity contribution in [3.63, 3.8) is 0 Å². The Hall–Kier alpha value is -2.77. The molecule has 8 nitrogen and oxygen atoms in total. The molecule has 38 heavy (non-hydrogen) atoms. The predicted octanol–water partition coefficient (Wildman–Crippen LogP) is 4.32. The minimum atomic E-state index is -4.51. The number of halogens is 6. The van der Waals surface area contributed by atoms with Gasteiger partial charge in [0.1, 0.15) is 34.9 Å². The number of nitrogens with two attached hydrogens (primary N) is 1. The molecule has 1 aliphatic heterocycles. The van der Waals surface area contributed by atoms with E-state index in [9.17, 15) is 22.7 Å². The van der Waals surface area contributed by atoms with Gasteiger partial charge in [-0.25, -0.2) is 9.37 Å². The molecule has 1 saturated heterocycles. The number of hydrogen-bond acceptors (Lipinski definition) is 7. The normalized spacial score (nSPS) is 17.7. The third-order valence-corrected chi connectivity index (χ3v) is 6.21.